The second kappa shape index (κ2) is 12.0. The zero-order valence-electron chi connectivity index (χ0n) is 17.9. The fourth-order valence-electron chi connectivity index (χ4n) is 2.96. The molecule has 1 rings (SSSR count). The van der Waals surface area contributed by atoms with Gasteiger partial charge in [-0.15, -0.1) is 0 Å². The number of Topliss-reactive ketones (excluding diaryl/α,β-unsaturated/α-hetero) is 1. The number of rotatable bonds is 9. The van der Waals surface area contributed by atoms with E-state index >= 15 is 0 Å². The van der Waals surface area contributed by atoms with E-state index in [-0.39, 0.29) is 6.61 Å². The topological polar surface area (TPSA) is 158 Å². The summed E-state index contributed by atoms with van der Waals surface area (Å²) in [6.45, 7) is 5.41. The number of carbonyl (C=O) groups excluding carboxylic acids is 6. The van der Waals surface area contributed by atoms with Crippen LogP contribution in [0.15, 0.2) is 0 Å². The molecule has 0 N–H and O–H groups in total. The zero-order chi connectivity index (χ0) is 23.7. The Morgan fingerprint density at radius 1 is 0.677 bits per heavy atom. The molecule has 0 aromatic carbocycles. The molecule has 5 atom stereocenters. The first-order valence-corrected chi connectivity index (χ1v) is 9.46. The summed E-state index contributed by atoms with van der Waals surface area (Å²) in [5, 5.41) is 0. The van der Waals surface area contributed by atoms with Crippen LogP contribution in [0.5, 0.6) is 0 Å². The van der Waals surface area contributed by atoms with E-state index in [2.05, 4.69) is 4.74 Å². The molecule has 12 nitrogen and oxygen atoms in total. The molecule has 1 saturated heterocycles. The molecule has 31 heavy (non-hydrogen) atoms. The highest BCUT2D eigenvalue weighted by Gasteiger charge is 2.52. The van der Waals surface area contributed by atoms with E-state index in [1.54, 1.807) is 0 Å². The van der Waals surface area contributed by atoms with Crippen LogP contribution in [-0.4, -0.2) is 79.4 Å². The maximum absolute atomic E-state index is 12.2. The van der Waals surface area contributed by atoms with Gasteiger partial charge >= 0.3 is 29.8 Å². The van der Waals surface area contributed by atoms with Crippen molar-refractivity contribution in [3.8, 4) is 0 Å². The maximum Gasteiger partial charge on any atom is 0.374 e. The quantitative estimate of drug-likeness (QED) is 0.257. The number of hydrogen-bond donors (Lipinski definition) is 0. The van der Waals surface area contributed by atoms with Gasteiger partial charge in [0.2, 0.25) is 5.78 Å². The van der Waals surface area contributed by atoms with Gasteiger partial charge in [-0.25, -0.2) is 4.79 Å². The van der Waals surface area contributed by atoms with Crippen molar-refractivity contribution in [1.29, 1.82) is 0 Å². The van der Waals surface area contributed by atoms with Gasteiger partial charge in [0.05, 0.1) is 6.61 Å². The Hall–Kier alpha value is -3.02. The van der Waals surface area contributed by atoms with Gasteiger partial charge in [-0.05, 0) is 6.92 Å². The number of hydrogen-bond acceptors (Lipinski definition) is 12. The fourth-order valence-corrected chi connectivity index (χ4v) is 2.96. The van der Waals surface area contributed by atoms with E-state index in [9.17, 15) is 28.8 Å². The van der Waals surface area contributed by atoms with Gasteiger partial charge in [0, 0.05) is 34.1 Å². The van der Waals surface area contributed by atoms with Crippen LogP contribution in [0.25, 0.3) is 0 Å². The summed E-state index contributed by atoms with van der Waals surface area (Å²) in [4.78, 5) is 70.2. The summed E-state index contributed by atoms with van der Waals surface area (Å²) in [6, 6.07) is 0. The third-order valence-corrected chi connectivity index (χ3v) is 3.98. The van der Waals surface area contributed by atoms with Crippen molar-refractivity contribution in [2.45, 2.75) is 71.6 Å². The van der Waals surface area contributed by atoms with E-state index in [1.165, 1.54) is 6.92 Å². The number of carbonyl (C=O) groups is 6. The molecule has 0 saturated carbocycles. The number of ketones is 1. The second-order valence-electron chi connectivity index (χ2n) is 6.59. The van der Waals surface area contributed by atoms with Crippen LogP contribution in [0.4, 0.5) is 0 Å². The molecule has 0 bridgehead atoms. The van der Waals surface area contributed by atoms with Crippen molar-refractivity contribution < 1.29 is 57.2 Å². The predicted octanol–water partition coefficient (Wildman–Crippen LogP) is -0.366. The van der Waals surface area contributed by atoms with Crippen LogP contribution in [0.2, 0.25) is 0 Å². The summed E-state index contributed by atoms with van der Waals surface area (Å²) in [5.41, 5.74) is 0. The number of esters is 5. The standard InChI is InChI=1S/C19H26O12/c1-6-26-19(25)13(24)7-14-16(28-10(3)21)18(30-12(5)23)17(29-11(4)22)15(31-14)8-27-9(2)20/h14-18H,6-8H2,1-5H3/t14-,15-,16+,17-,18-/m1/s1. The second-order valence-corrected chi connectivity index (χ2v) is 6.59. The van der Waals surface area contributed by atoms with Crippen molar-refractivity contribution in [3.05, 3.63) is 0 Å². The van der Waals surface area contributed by atoms with E-state index < -0.39 is 79.2 Å². The highest BCUT2D eigenvalue weighted by molar-refractivity contribution is 6.33. The van der Waals surface area contributed by atoms with Crippen molar-refractivity contribution in [2.24, 2.45) is 0 Å². The van der Waals surface area contributed by atoms with Gasteiger partial charge in [0.25, 0.3) is 0 Å². The van der Waals surface area contributed by atoms with Gasteiger partial charge in [0.15, 0.2) is 18.3 Å². The van der Waals surface area contributed by atoms with Crippen LogP contribution < -0.4 is 0 Å². The third kappa shape index (κ3) is 8.32. The summed E-state index contributed by atoms with van der Waals surface area (Å²) >= 11 is 0. The first-order chi connectivity index (χ1) is 14.5. The Kier molecular flexibility index (Phi) is 10.1. The molecule has 174 valence electrons. The molecule has 0 aliphatic carbocycles. The predicted molar refractivity (Wildman–Crippen MR) is 98.2 cm³/mol. The SMILES string of the molecule is CCOC(=O)C(=O)C[C@H]1O[C@H](COC(C)=O)[C@@H](OC(C)=O)[C@H](OC(C)=O)[C@H]1OC(C)=O. The van der Waals surface area contributed by atoms with Crippen LogP contribution in [-0.2, 0) is 57.2 Å². The van der Waals surface area contributed by atoms with E-state index in [1.807, 2.05) is 0 Å². The minimum atomic E-state index is -1.40. The molecule has 0 radical (unpaired) electrons. The lowest BCUT2D eigenvalue weighted by molar-refractivity contribution is -0.252. The molecule has 0 spiro atoms. The van der Waals surface area contributed by atoms with Gasteiger partial charge in [-0.3, -0.25) is 24.0 Å². The molecule has 12 heteroatoms. The molecule has 1 fully saturated rings. The van der Waals surface area contributed by atoms with Crippen molar-refractivity contribution >= 4 is 35.6 Å². The Morgan fingerprint density at radius 3 is 1.61 bits per heavy atom. The average molecular weight is 446 g/mol. The molecular formula is C19H26O12. The van der Waals surface area contributed by atoms with Crippen LogP contribution >= 0.6 is 0 Å². The lowest BCUT2D eigenvalue weighted by atomic mass is 9.91. The van der Waals surface area contributed by atoms with Crippen molar-refractivity contribution in [2.75, 3.05) is 13.2 Å². The first-order valence-electron chi connectivity index (χ1n) is 9.46. The smallest absolute Gasteiger partial charge is 0.374 e. The molecule has 0 unspecified atom stereocenters. The first kappa shape index (κ1) is 26.0. The molecular weight excluding hydrogens is 420 g/mol. The Bertz CT molecular complexity index is 715. The van der Waals surface area contributed by atoms with Crippen LogP contribution in [0.1, 0.15) is 41.0 Å². The van der Waals surface area contributed by atoms with Crippen LogP contribution in [0.3, 0.4) is 0 Å². The van der Waals surface area contributed by atoms with E-state index in [4.69, 9.17) is 23.7 Å². The van der Waals surface area contributed by atoms with Crippen molar-refractivity contribution in [1.82, 2.24) is 0 Å². The van der Waals surface area contributed by atoms with Gasteiger partial charge in [-0.2, -0.15) is 0 Å². The highest BCUT2D eigenvalue weighted by Crippen LogP contribution is 2.31. The van der Waals surface area contributed by atoms with Crippen LogP contribution in [0, 0.1) is 0 Å². The lowest BCUT2D eigenvalue weighted by Crippen LogP contribution is -2.62. The molecule has 1 heterocycles. The van der Waals surface area contributed by atoms with Crippen molar-refractivity contribution in [3.63, 3.8) is 0 Å². The summed E-state index contributed by atoms with van der Waals surface area (Å²) in [7, 11) is 0. The average Bonchev–Trinajstić information content (AvgIpc) is 2.63. The normalized spacial score (nSPS) is 25.0. The van der Waals surface area contributed by atoms with Gasteiger partial charge in [0.1, 0.15) is 18.8 Å². The zero-order valence-corrected chi connectivity index (χ0v) is 17.9. The largest absolute Gasteiger partial charge is 0.463 e. The van der Waals surface area contributed by atoms with Gasteiger partial charge in [-0.1, -0.05) is 0 Å². The minimum Gasteiger partial charge on any atom is -0.463 e. The number of ether oxygens (including phenoxy) is 6. The van der Waals surface area contributed by atoms with E-state index in [0.29, 0.717) is 0 Å². The highest BCUT2D eigenvalue weighted by atomic mass is 16.7. The maximum atomic E-state index is 12.2. The summed E-state index contributed by atoms with van der Waals surface area (Å²) < 4.78 is 30.9. The lowest BCUT2D eigenvalue weighted by Gasteiger charge is -2.44. The van der Waals surface area contributed by atoms with Gasteiger partial charge < -0.3 is 28.4 Å². The monoisotopic (exact) mass is 446 g/mol. The van der Waals surface area contributed by atoms with E-state index in [0.717, 1.165) is 27.7 Å². The Labute approximate surface area is 178 Å². The molecule has 1 aliphatic heterocycles. The minimum absolute atomic E-state index is 0.0385. The fraction of sp³-hybridized carbons (Fsp3) is 0.684. The summed E-state index contributed by atoms with van der Waals surface area (Å²) in [6.07, 6.45) is -7.23. The Morgan fingerprint density at radius 2 is 1.16 bits per heavy atom. The third-order valence-electron chi connectivity index (χ3n) is 3.98. The Balaban J connectivity index is 3.33. The summed E-state index contributed by atoms with van der Waals surface area (Å²) in [5.74, 6) is -5.17. The molecule has 0 aromatic heterocycles. The molecule has 0 aromatic rings. The molecule has 0 amide bonds. The molecule has 1 aliphatic rings.